The van der Waals surface area contributed by atoms with Crippen molar-refractivity contribution >= 4 is 12.0 Å². The summed E-state index contributed by atoms with van der Waals surface area (Å²) in [6.45, 7) is 8.83. The monoisotopic (exact) mass is 270 g/mol. The molecule has 110 valence electrons. The minimum atomic E-state index is -0.823. The van der Waals surface area contributed by atoms with E-state index in [9.17, 15) is 9.59 Å². The van der Waals surface area contributed by atoms with Gasteiger partial charge in [0.2, 0.25) is 0 Å². The Kier molecular flexibility index (Phi) is 5.20. The van der Waals surface area contributed by atoms with Crippen LogP contribution in [0.4, 0.5) is 4.79 Å². The molecule has 1 saturated heterocycles. The molecule has 0 aromatic carbocycles. The number of carbonyl (C=O) groups is 2. The number of carboxylic acids is 1. The lowest BCUT2D eigenvalue weighted by Crippen LogP contribution is -2.44. The number of carbonyl (C=O) groups excluding carboxylic acids is 1. The van der Waals surface area contributed by atoms with Crippen LogP contribution in [-0.4, -0.2) is 41.1 Å². The van der Waals surface area contributed by atoms with Crippen LogP contribution in [0.15, 0.2) is 0 Å². The molecule has 0 bridgehead atoms. The van der Waals surface area contributed by atoms with E-state index >= 15 is 0 Å². The topological polar surface area (TPSA) is 69.6 Å². The Bertz CT molecular complexity index is 344. The summed E-state index contributed by atoms with van der Waals surface area (Å²) in [5.74, 6) is -0.197. The molecular formula is C14H26N2O3. The summed E-state index contributed by atoms with van der Waals surface area (Å²) in [5.41, 5.74) is -0.793. The van der Waals surface area contributed by atoms with Gasteiger partial charge in [-0.15, -0.1) is 0 Å². The van der Waals surface area contributed by atoms with Crippen LogP contribution in [0.3, 0.4) is 0 Å². The van der Waals surface area contributed by atoms with Crippen molar-refractivity contribution in [2.75, 3.05) is 13.1 Å². The molecular weight excluding hydrogens is 244 g/mol. The zero-order valence-corrected chi connectivity index (χ0v) is 12.4. The van der Waals surface area contributed by atoms with Gasteiger partial charge in [0, 0.05) is 19.1 Å². The molecule has 0 aromatic heterocycles. The second-order valence-electron chi connectivity index (χ2n) is 6.36. The second-order valence-corrected chi connectivity index (χ2v) is 6.36. The quantitative estimate of drug-likeness (QED) is 0.805. The van der Waals surface area contributed by atoms with Crippen molar-refractivity contribution in [1.82, 2.24) is 10.2 Å². The van der Waals surface area contributed by atoms with Gasteiger partial charge >= 0.3 is 12.0 Å². The summed E-state index contributed by atoms with van der Waals surface area (Å²) < 4.78 is 0. The van der Waals surface area contributed by atoms with Crippen molar-refractivity contribution in [1.29, 1.82) is 0 Å². The number of nitrogens with one attached hydrogen (secondary N) is 1. The van der Waals surface area contributed by atoms with E-state index in [1.54, 1.807) is 11.8 Å². The maximum absolute atomic E-state index is 12.0. The Morgan fingerprint density at radius 3 is 2.42 bits per heavy atom. The van der Waals surface area contributed by atoms with Crippen molar-refractivity contribution < 1.29 is 14.7 Å². The van der Waals surface area contributed by atoms with Gasteiger partial charge in [-0.1, -0.05) is 13.8 Å². The average molecular weight is 270 g/mol. The Labute approximate surface area is 115 Å². The maximum Gasteiger partial charge on any atom is 0.317 e. The molecule has 0 saturated carbocycles. The highest BCUT2D eigenvalue weighted by Crippen LogP contribution is 2.30. The Hall–Kier alpha value is -1.26. The summed E-state index contributed by atoms with van der Waals surface area (Å²) >= 11 is 0. The normalized spacial score (nSPS) is 24.6. The maximum atomic E-state index is 12.0. The van der Waals surface area contributed by atoms with E-state index in [1.807, 2.05) is 6.92 Å². The molecule has 19 heavy (non-hydrogen) atoms. The zero-order chi connectivity index (χ0) is 14.6. The number of urea groups is 1. The van der Waals surface area contributed by atoms with Gasteiger partial charge in [0.1, 0.15) is 0 Å². The minimum absolute atomic E-state index is 0.131. The summed E-state index contributed by atoms with van der Waals surface area (Å²) in [6.07, 6.45) is 2.55. The molecule has 5 nitrogen and oxygen atoms in total. The van der Waals surface area contributed by atoms with Crippen LogP contribution in [0.2, 0.25) is 0 Å². The van der Waals surface area contributed by atoms with E-state index in [0.29, 0.717) is 25.4 Å². The van der Waals surface area contributed by atoms with Crippen LogP contribution >= 0.6 is 0 Å². The van der Waals surface area contributed by atoms with Gasteiger partial charge < -0.3 is 15.3 Å². The number of carboxylic acid groups (broad SMARTS) is 1. The zero-order valence-electron chi connectivity index (χ0n) is 12.4. The molecule has 1 heterocycles. The molecule has 2 atom stereocenters. The lowest BCUT2D eigenvalue weighted by atomic mass is 9.90. The molecule has 2 N–H and O–H groups in total. The molecule has 0 spiro atoms. The standard InChI is InChI=1S/C14H26N2O3/c1-10(2)5-6-11(3)15-13(19)16-8-7-14(4,9-16)12(17)18/h10-11H,5-9H2,1-4H3,(H,15,19)(H,17,18). The number of hydrogen-bond acceptors (Lipinski definition) is 2. The first-order valence-electron chi connectivity index (χ1n) is 7.03. The van der Waals surface area contributed by atoms with Crippen molar-refractivity contribution in [3.8, 4) is 0 Å². The minimum Gasteiger partial charge on any atom is -0.481 e. The van der Waals surface area contributed by atoms with Gasteiger partial charge in [0.25, 0.3) is 0 Å². The van der Waals surface area contributed by atoms with Gasteiger partial charge in [0.05, 0.1) is 5.41 Å². The van der Waals surface area contributed by atoms with Crippen LogP contribution in [0, 0.1) is 11.3 Å². The van der Waals surface area contributed by atoms with Gasteiger partial charge in [-0.05, 0) is 39.0 Å². The number of amides is 2. The van der Waals surface area contributed by atoms with E-state index < -0.39 is 11.4 Å². The Morgan fingerprint density at radius 1 is 1.32 bits per heavy atom. The highest BCUT2D eigenvalue weighted by molar-refractivity contribution is 5.79. The third kappa shape index (κ3) is 4.40. The third-order valence-corrected chi connectivity index (χ3v) is 3.82. The highest BCUT2D eigenvalue weighted by Gasteiger charge is 2.42. The highest BCUT2D eigenvalue weighted by atomic mass is 16.4. The van der Waals surface area contributed by atoms with E-state index in [4.69, 9.17) is 5.11 Å². The second kappa shape index (κ2) is 6.26. The fourth-order valence-corrected chi connectivity index (χ4v) is 2.27. The van der Waals surface area contributed by atoms with E-state index in [-0.39, 0.29) is 12.1 Å². The lowest BCUT2D eigenvalue weighted by molar-refractivity contribution is -0.146. The summed E-state index contributed by atoms with van der Waals surface area (Å²) in [4.78, 5) is 24.8. The number of hydrogen-bond donors (Lipinski definition) is 2. The molecule has 1 fully saturated rings. The molecule has 1 rings (SSSR count). The van der Waals surface area contributed by atoms with Crippen molar-refractivity contribution in [2.45, 2.75) is 53.0 Å². The lowest BCUT2D eigenvalue weighted by Gasteiger charge is -2.23. The fraction of sp³-hybridized carbons (Fsp3) is 0.857. The predicted octanol–water partition coefficient (Wildman–Crippen LogP) is 2.32. The molecule has 1 aliphatic heterocycles. The average Bonchev–Trinajstić information content (AvgIpc) is 2.71. The van der Waals surface area contributed by atoms with E-state index in [2.05, 4.69) is 19.2 Å². The van der Waals surface area contributed by atoms with Crippen LogP contribution in [0.1, 0.15) is 47.0 Å². The van der Waals surface area contributed by atoms with E-state index in [1.165, 1.54) is 0 Å². The number of aliphatic carboxylic acids is 1. The smallest absolute Gasteiger partial charge is 0.317 e. The first-order valence-corrected chi connectivity index (χ1v) is 7.03. The molecule has 5 heteroatoms. The van der Waals surface area contributed by atoms with Crippen molar-refractivity contribution in [3.63, 3.8) is 0 Å². The predicted molar refractivity (Wildman–Crippen MR) is 74.0 cm³/mol. The molecule has 2 amide bonds. The van der Waals surface area contributed by atoms with E-state index in [0.717, 1.165) is 12.8 Å². The molecule has 2 unspecified atom stereocenters. The first kappa shape index (κ1) is 15.8. The van der Waals surface area contributed by atoms with Crippen LogP contribution in [-0.2, 0) is 4.79 Å². The van der Waals surface area contributed by atoms with Gasteiger partial charge in [0.15, 0.2) is 0 Å². The summed E-state index contributed by atoms with van der Waals surface area (Å²) in [6, 6.07) is -0.00665. The number of likely N-dealkylation sites (tertiary alicyclic amines) is 1. The molecule has 1 aliphatic rings. The van der Waals surface area contributed by atoms with Crippen molar-refractivity contribution in [3.05, 3.63) is 0 Å². The van der Waals surface area contributed by atoms with Gasteiger partial charge in [-0.2, -0.15) is 0 Å². The summed E-state index contributed by atoms with van der Waals surface area (Å²) in [7, 11) is 0. The number of rotatable bonds is 5. The molecule has 0 aliphatic carbocycles. The first-order chi connectivity index (χ1) is 8.74. The Morgan fingerprint density at radius 2 is 1.95 bits per heavy atom. The third-order valence-electron chi connectivity index (χ3n) is 3.82. The largest absolute Gasteiger partial charge is 0.481 e. The Balaban J connectivity index is 2.41. The van der Waals surface area contributed by atoms with Crippen molar-refractivity contribution in [2.24, 2.45) is 11.3 Å². The molecule has 0 aromatic rings. The SMILES string of the molecule is CC(C)CCC(C)NC(=O)N1CCC(C)(C(=O)O)C1. The fourth-order valence-electron chi connectivity index (χ4n) is 2.27. The summed E-state index contributed by atoms with van der Waals surface area (Å²) in [5, 5.41) is 12.1. The van der Waals surface area contributed by atoms with Crippen LogP contribution < -0.4 is 5.32 Å². The number of nitrogens with zero attached hydrogens (tertiary/aromatic N) is 1. The molecule has 0 radical (unpaired) electrons. The van der Waals surface area contributed by atoms with Gasteiger partial charge in [-0.3, -0.25) is 4.79 Å². The van der Waals surface area contributed by atoms with Crippen LogP contribution in [0.25, 0.3) is 0 Å². The van der Waals surface area contributed by atoms with Gasteiger partial charge in [-0.25, -0.2) is 4.79 Å². The van der Waals surface area contributed by atoms with Crippen LogP contribution in [0.5, 0.6) is 0 Å².